The first kappa shape index (κ1) is 17.2. The summed E-state index contributed by atoms with van der Waals surface area (Å²) in [6.07, 6.45) is 2.33. The number of aliphatic carboxylic acids is 1. The Morgan fingerprint density at radius 3 is 2.62 bits per heavy atom. The van der Waals surface area contributed by atoms with Crippen LogP contribution in [0.5, 0.6) is 0 Å². The molecule has 0 aromatic heterocycles. The fraction of sp³-hybridized carbons (Fsp3) is 0.500. The summed E-state index contributed by atoms with van der Waals surface area (Å²) in [6.45, 7) is 2.69. The molecule has 0 aliphatic heterocycles. The number of amides is 1. The molecule has 2 N–H and O–H groups in total. The lowest BCUT2D eigenvalue weighted by Gasteiger charge is -2.13. The van der Waals surface area contributed by atoms with Gasteiger partial charge >= 0.3 is 5.97 Å². The predicted molar refractivity (Wildman–Crippen MR) is 80.0 cm³/mol. The minimum Gasteiger partial charge on any atom is -0.481 e. The Labute approximate surface area is 125 Å². The normalized spacial score (nSPS) is 11.9. The number of carboxylic acid groups (broad SMARTS) is 1. The average molecular weight is 293 g/mol. The van der Waals surface area contributed by atoms with E-state index in [1.807, 2.05) is 37.3 Å². The van der Waals surface area contributed by atoms with Crippen LogP contribution < -0.4 is 5.32 Å². The van der Waals surface area contributed by atoms with Gasteiger partial charge in [0.25, 0.3) is 0 Å². The number of hydrogen-bond donors (Lipinski definition) is 2. The van der Waals surface area contributed by atoms with E-state index in [9.17, 15) is 14.7 Å². The number of hydrogen-bond acceptors (Lipinski definition) is 3. The SMILES string of the molecule is CCCCOCC(=O)NCC(Cc1ccccc1)C(=O)O. The van der Waals surface area contributed by atoms with E-state index in [0.29, 0.717) is 13.0 Å². The van der Waals surface area contributed by atoms with Gasteiger partial charge < -0.3 is 15.2 Å². The Kier molecular flexibility index (Phi) is 8.12. The Hall–Kier alpha value is -1.88. The van der Waals surface area contributed by atoms with Crippen LogP contribution in [0.2, 0.25) is 0 Å². The number of rotatable bonds is 10. The number of carbonyl (C=O) groups is 2. The van der Waals surface area contributed by atoms with Crippen molar-refractivity contribution in [3.63, 3.8) is 0 Å². The molecule has 1 aromatic rings. The van der Waals surface area contributed by atoms with E-state index in [1.165, 1.54) is 0 Å². The fourth-order valence-electron chi connectivity index (χ4n) is 1.84. The molecule has 0 aliphatic rings. The van der Waals surface area contributed by atoms with Crippen LogP contribution in [0.4, 0.5) is 0 Å². The topological polar surface area (TPSA) is 75.6 Å². The average Bonchev–Trinajstić information content (AvgIpc) is 2.48. The predicted octanol–water partition coefficient (Wildman–Crippen LogP) is 1.86. The lowest BCUT2D eigenvalue weighted by Crippen LogP contribution is -2.36. The summed E-state index contributed by atoms with van der Waals surface area (Å²) in [5, 5.41) is 11.8. The lowest BCUT2D eigenvalue weighted by atomic mass is 9.99. The van der Waals surface area contributed by atoms with E-state index in [0.717, 1.165) is 18.4 Å². The number of benzene rings is 1. The van der Waals surface area contributed by atoms with Crippen molar-refractivity contribution in [2.24, 2.45) is 5.92 Å². The number of nitrogens with one attached hydrogen (secondary N) is 1. The summed E-state index contributed by atoms with van der Waals surface area (Å²) >= 11 is 0. The summed E-state index contributed by atoms with van der Waals surface area (Å²) in [5.41, 5.74) is 0.943. The molecule has 1 unspecified atom stereocenters. The largest absolute Gasteiger partial charge is 0.481 e. The van der Waals surface area contributed by atoms with Crippen LogP contribution in [0.1, 0.15) is 25.3 Å². The van der Waals surface area contributed by atoms with Crippen molar-refractivity contribution >= 4 is 11.9 Å². The quantitative estimate of drug-likeness (QED) is 0.646. The third kappa shape index (κ3) is 7.46. The van der Waals surface area contributed by atoms with Gasteiger partial charge in [-0.15, -0.1) is 0 Å². The highest BCUT2D eigenvalue weighted by Crippen LogP contribution is 2.08. The highest BCUT2D eigenvalue weighted by atomic mass is 16.5. The zero-order valence-corrected chi connectivity index (χ0v) is 12.4. The zero-order valence-electron chi connectivity index (χ0n) is 12.4. The molecule has 5 nitrogen and oxygen atoms in total. The molecule has 0 saturated carbocycles. The van der Waals surface area contributed by atoms with Crippen molar-refractivity contribution in [1.29, 1.82) is 0 Å². The Balaban J connectivity index is 2.34. The minimum atomic E-state index is -0.911. The zero-order chi connectivity index (χ0) is 15.5. The summed E-state index contributed by atoms with van der Waals surface area (Å²) in [5.74, 6) is -1.82. The van der Waals surface area contributed by atoms with E-state index < -0.39 is 11.9 Å². The molecule has 1 rings (SSSR count). The summed E-state index contributed by atoms with van der Waals surface area (Å²) in [4.78, 5) is 22.8. The van der Waals surface area contributed by atoms with Gasteiger partial charge in [-0.05, 0) is 18.4 Å². The van der Waals surface area contributed by atoms with E-state index >= 15 is 0 Å². The maximum Gasteiger partial charge on any atom is 0.308 e. The number of carbonyl (C=O) groups excluding carboxylic acids is 1. The molecule has 0 fully saturated rings. The second kappa shape index (κ2) is 9.94. The van der Waals surface area contributed by atoms with Gasteiger partial charge in [-0.1, -0.05) is 43.7 Å². The van der Waals surface area contributed by atoms with Crippen LogP contribution >= 0.6 is 0 Å². The Morgan fingerprint density at radius 2 is 2.00 bits per heavy atom. The highest BCUT2D eigenvalue weighted by Gasteiger charge is 2.18. The monoisotopic (exact) mass is 293 g/mol. The second-order valence-corrected chi connectivity index (χ2v) is 4.94. The van der Waals surface area contributed by atoms with Crippen LogP contribution in [0, 0.1) is 5.92 Å². The minimum absolute atomic E-state index is 0.0162. The first-order valence-corrected chi connectivity index (χ1v) is 7.24. The van der Waals surface area contributed by atoms with Crippen molar-refractivity contribution < 1.29 is 19.4 Å². The van der Waals surface area contributed by atoms with Gasteiger partial charge in [-0.25, -0.2) is 0 Å². The van der Waals surface area contributed by atoms with Gasteiger partial charge in [0, 0.05) is 13.2 Å². The molecule has 116 valence electrons. The molecule has 1 atom stereocenters. The van der Waals surface area contributed by atoms with Crippen molar-refractivity contribution in [2.75, 3.05) is 19.8 Å². The third-order valence-corrected chi connectivity index (χ3v) is 3.10. The molecular weight excluding hydrogens is 270 g/mol. The maximum atomic E-state index is 11.6. The van der Waals surface area contributed by atoms with Crippen LogP contribution in [0.15, 0.2) is 30.3 Å². The van der Waals surface area contributed by atoms with Crippen LogP contribution in [0.3, 0.4) is 0 Å². The highest BCUT2D eigenvalue weighted by molar-refractivity contribution is 5.78. The Bertz CT molecular complexity index is 433. The summed E-state index contributed by atoms with van der Waals surface area (Å²) < 4.78 is 5.19. The van der Waals surface area contributed by atoms with Gasteiger partial charge in [0.2, 0.25) is 5.91 Å². The smallest absolute Gasteiger partial charge is 0.308 e. The van der Waals surface area contributed by atoms with Crippen molar-refractivity contribution in [1.82, 2.24) is 5.32 Å². The van der Waals surface area contributed by atoms with Gasteiger partial charge in [0.1, 0.15) is 6.61 Å². The van der Waals surface area contributed by atoms with E-state index in [4.69, 9.17) is 4.74 Å². The van der Waals surface area contributed by atoms with Crippen LogP contribution in [0.25, 0.3) is 0 Å². The molecule has 5 heteroatoms. The van der Waals surface area contributed by atoms with E-state index in [2.05, 4.69) is 5.32 Å². The molecule has 1 aromatic carbocycles. The van der Waals surface area contributed by atoms with Crippen LogP contribution in [-0.2, 0) is 20.7 Å². The third-order valence-electron chi connectivity index (χ3n) is 3.10. The molecule has 1 amide bonds. The van der Waals surface area contributed by atoms with Crippen molar-refractivity contribution in [3.05, 3.63) is 35.9 Å². The van der Waals surface area contributed by atoms with Crippen molar-refractivity contribution in [3.8, 4) is 0 Å². The van der Waals surface area contributed by atoms with Gasteiger partial charge in [0.05, 0.1) is 5.92 Å². The van der Waals surface area contributed by atoms with E-state index in [-0.39, 0.29) is 19.1 Å². The molecule has 0 aliphatic carbocycles. The Morgan fingerprint density at radius 1 is 1.29 bits per heavy atom. The molecule has 0 radical (unpaired) electrons. The van der Waals surface area contributed by atoms with Crippen molar-refractivity contribution in [2.45, 2.75) is 26.2 Å². The number of unbranched alkanes of at least 4 members (excludes halogenated alkanes) is 1. The maximum absolute atomic E-state index is 11.6. The fourth-order valence-corrected chi connectivity index (χ4v) is 1.84. The van der Waals surface area contributed by atoms with Gasteiger partial charge in [-0.2, -0.15) is 0 Å². The molecule has 0 saturated heterocycles. The first-order chi connectivity index (χ1) is 10.1. The molecule has 0 bridgehead atoms. The molecule has 21 heavy (non-hydrogen) atoms. The summed E-state index contributed by atoms with van der Waals surface area (Å²) in [7, 11) is 0. The van der Waals surface area contributed by atoms with Crippen LogP contribution in [-0.4, -0.2) is 36.7 Å². The van der Waals surface area contributed by atoms with E-state index in [1.54, 1.807) is 0 Å². The number of carboxylic acids is 1. The lowest BCUT2D eigenvalue weighted by molar-refractivity contribution is -0.141. The van der Waals surface area contributed by atoms with Gasteiger partial charge in [-0.3, -0.25) is 9.59 Å². The summed E-state index contributed by atoms with van der Waals surface area (Å²) in [6, 6.07) is 9.38. The molecular formula is C16H23NO4. The second-order valence-electron chi connectivity index (χ2n) is 4.94. The molecule has 0 heterocycles. The van der Waals surface area contributed by atoms with Gasteiger partial charge in [0.15, 0.2) is 0 Å². The standard InChI is InChI=1S/C16H23NO4/c1-2-3-9-21-12-15(18)17-11-14(16(19)20)10-13-7-5-4-6-8-13/h4-8,14H,2-3,9-12H2,1H3,(H,17,18)(H,19,20). The first-order valence-electron chi connectivity index (χ1n) is 7.24. The molecule has 0 spiro atoms. The number of ether oxygens (including phenoxy) is 1.